The minimum absolute atomic E-state index is 0.903. The number of hydrogen-bond acceptors (Lipinski definition) is 4. The van der Waals surface area contributed by atoms with Crippen molar-refractivity contribution in [1.29, 1.82) is 0 Å². The van der Waals surface area contributed by atoms with Gasteiger partial charge in [-0.3, -0.25) is 5.43 Å². The molecule has 7 heavy (non-hydrogen) atoms. The van der Waals surface area contributed by atoms with Crippen molar-refractivity contribution in [3.8, 4) is 0 Å². The summed E-state index contributed by atoms with van der Waals surface area (Å²) in [7, 11) is 0. The fourth-order valence-corrected chi connectivity index (χ4v) is 0.388. The summed E-state index contributed by atoms with van der Waals surface area (Å²) in [5, 5.41) is 5.44. The van der Waals surface area contributed by atoms with Gasteiger partial charge in [0.2, 0.25) is 0 Å². The second-order valence-corrected chi connectivity index (χ2v) is 1.23. The molecule has 4 nitrogen and oxygen atoms in total. The van der Waals surface area contributed by atoms with Gasteiger partial charge in [-0.05, 0) is 6.92 Å². The maximum absolute atomic E-state index is 3.68. The predicted molar refractivity (Wildman–Crippen MR) is 27.1 cm³/mol. The summed E-state index contributed by atoms with van der Waals surface area (Å²) in [5.74, 6) is 0. The van der Waals surface area contributed by atoms with Crippen molar-refractivity contribution in [3.63, 3.8) is 0 Å². The lowest BCUT2D eigenvalue weighted by Crippen LogP contribution is -2.38. The molecule has 0 bridgehead atoms. The van der Waals surface area contributed by atoms with E-state index in [4.69, 9.17) is 0 Å². The van der Waals surface area contributed by atoms with E-state index in [1.807, 2.05) is 6.92 Å². The second-order valence-electron chi connectivity index (χ2n) is 1.23. The molecule has 0 aromatic carbocycles. The van der Waals surface area contributed by atoms with Crippen LogP contribution < -0.4 is 11.0 Å². The SMILES string of the molecule is CCN1NC=NN1. The van der Waals surface area contributed by atoms with Crippen LogP contribution in [0.15, 0.2) is 5.10 Å². The van der Waals surface area contributed by atoms with E-state index in [1.165, 1.54) is 0 Å². The first kappa shape index (κ1) is 4.39. The van der Waals surface area contributed by atoms with E-state index in [0.717, 1.165) is 6.54 Å². The summed E-state index contributed by atoms with van der Waals surface area (Å²) in [5.41, 5.74) is 5.53. The van der Waals surface area contributed by atoms with E-state index < -0.39 is 0 Å². The molecule has 40 valence electrons. The lowest BCUT2D eigenvalue weighted by molar-refractivity contribution is 0.192. The van der Waals surface area contributed by atoms with E-state index in [9.17, 15) is 0 Å². The summed E-state index contributed by atoms with van der Waals surface area (Å²) < 4.78 is 0. The summed E-state index contributed by atoms with van der Waals surface area (Å²) in [6, 6.07) is 0. The monoisotopic (exact) mass is 100 g/mol. The quantitative estimate of drug-likeness (QED) is 0.456. The van der Waals surface area contributed by atoms with Crippen LogP contribution in [0.5, 0.6) is 0 Å². The van der Waals surface area contributed by atoms with Crippen LogP contribution in [-0.4, -0.2) is 18.0 Å². The topological polar surface area (TPSA) is 39.7 Å². The second kappa shape index (κ2) is 1.79. The van der Waals surface area contributed by atoms with E-state index in [1.54, 1.807) is 11.5 Å². The molecule has 1 rings (SSSR count). The van der Waals surface area contributed by atoms with Crippen LogP contribution in [0.3, 0.4) is 0 Å². The van der Waals surface area contributed by atoms with Crippen molar-refractivity contribution in [2.24, 2.45) is 5.10 Å². The minimum Gasteiger partial charge on any atom is -0.289 e. The van der Waals surface area contributed by atoms with E-state index in [0.29, 0.717) is 0 Å². The third kappa shape index (κ3) is 0.806. The number of nitrogens with one attached hydrogen (secondary N) is 2. The third-order valence-electron chi connectivity index (χ3n) is 0.773. The first-order valence-electron chi connectivity index (χ1n) is 2.24. The molecular formula is C3H8N4. The van der Waals surface area contributed by atoms with Crippen LogP contribution in [0.1, 0.15) is 6.92 Å². The fraction of sp³-hybridized carbons (Fsp3) is 0.667. The Morgan fingerprint density at radius 2 is 2.71 bits per heavy atom. The van der Waals surface area contributed by atoms with Gasteiger partial charge < -0.3 is 0 Å². The molecule has 1 aliphatic rings. The molecule has 2 N–H and O–H groups in total. The highest BCUT2D eigenvalue weighted by atomic mass is 15.8. The van der Waals surface area contributed by atoms with Crippen LogP contribution in [0.4, 0.5) is 0 Å². The van der Waals surface area contributed by atoms with E-state index in [-0.39, 0.29) is 0 Å². The molecule has 1 heterocycles. The van der Waals surface area contributed by atoms with Crippen LogP contribution >= 0.6 is 0 Å². The van der Waals surface area contributed by atoms with Gasteiger partial charge in [0.1, 0.15) is 6.34 Å². The van der Waals surface area contributed by atoms with Crippen LogP contribution in [0.25, 0.3) is 0 Å². The van der Waals surface area contributed by atoms with Crippen molar-refractivity contribution in [3.05, 3.63) is 0 Å². The Morgan fingerprint density at radius 3 is 3.00 bits per heavy atom. The van der Waals surface area contributed by atoms with Gasteiger partial charge in [-0.15, -0.1) is 5.12 Å². The number of hydrogen-bond donors (Lipinski definition) is 2. The van der Waals surface area contributed by atoms with Gasteiger partial charge in [-0.1, -0.05) is 0 Å². The van der Waals surface area contributed by atoms with Gasteiger partial charge in [0.25, 0.3) is 0 Å². The molecule has 0 unspecified atom stereocenters. The van der Waals surface area contributed by atoms with Crippen molar-refractivity contribution in [2.75, 3.05) is 6.54 Å². The van der Waals surface area contributed by atoms with Crippen LogP contribution in [0.2, 0.25) is 0 Å². The molecule has 0 atom stereocenters. The predicted octanol–water partition coefficient (Wildman–Crippen LogP) is -0.726. The largest absolute Gasteiger partial charge is 0.289 e. The zero-order valence-corrected chi connectivity index (χ0v) is 4.18. The Labute approximate surface area is 42.1 Å². The number of hydrazone groups is 1. The first-order valence-corrected chi connectivity index (χ1v) is 2.24. The lowest BCUT2D eigenvalue weighted by atomic mass is 10.8. The molecular weight excluding hydrogens is 92.1 g/mol. The number of hydrazine groups is 2. The Hall–Kier alpha value is -0.770. The van der Waals surface area contributed by atoms with Crippen molar-refractivity contribution >= 4 is 6.34 Å². The van der Waals surface area contributed by atoms with Gasteiger partial charge in [0.15, 0.2) is 0 Å². The van der Waals surface area contributed by atoms with Crippen molar-refractivity contribution < 1.29 is 0 Å². The van der Waals surface area contributed by atoms with Gasteiger partial charge in [-0.2, -0.15) is 5.10 Å². The highest BCUT2D eigenvalue weighted by Crippen LogP contribution is 1.75. The molecule has 0 aromatic heterocycles. The average molecular weight is 100 g/mol. The Morgan fingerprint density at radius 1 is 1.86 bits per heavy atom. The van der Waals surface area contributed by atoms with E-state index in [2.05, 4.69) is 16.1 Å². The smallest absolute Gasteiger partial charge is 0.126 e. The maximum atomic E-state index is 3.68. The Bertz CT molecular complexity index is 71.0. The van der Waals surface area contributed by atoms with Crippen molar-refractivity contribution in [2.45, 2.75) is 6.92 Å². The highest BCUT2D eigenvalue weighted by Gasteiger charge is 1.97. The number of rotatable bonds is 1. The summed E-state index contributed by atoms with van der Waals surface area (Å²) in [4.78, 5) is 0. The summed E-state index contributed by atoms with van der Waals surface area (Å²) in [6.45, 7) is 2.93. The summed E-state index contributed by atoms with van der Waals surface area (Å²) in [6.07, 6.45) is 1.60. The molecule has 0 fully saturated rings. The molecule has 0 amide bonds. The lowest BCUT2D eigenvalue weighted by Gasteiger charge is -2.09. The molecule has 0 saturated carbocycles. The molecule has 0 radical (unpaired) electrons. The average Bonchev–Trinajstić information content (AvgIpc) is 2.14. The third-order valence-corrected chi connectivity index (χ3v) is 0.773. The summed E-state index contributed by atoms with van der Waals surface area (Å²) >= 11 is 0. The zero-order chi connectivity index (χ0) is 5.11. The standard InChI is InChI=1S/C3H8N4/c1-2-7-5-3-4-6-7/h3,6H,2H2,1H3,(H,4,5). The molecule has 0 aromatic rings. The number of nitrogens with zero attached hydrogens (tertiary/aromatic N) is 2. The normalized spacial score (nSPS) is 19.0. The highest BCUT2D eigenvalue weighted by molar-refractivity contribution is 5.54. The molecule has 0 aliphatic carbocycles. The van der Waals surface area contributed by atoms with Crippen LogP contribution in [-0.2, 0) is 0 Å². The Balaban J connectivity index is 2.22. The van der Waals surface area contributed by atoms with Crippen LogP contribution in [0, 0.1) is 0 Å². The molecule has 1 aliphatic heterocycles. The fourth-order valence-electron chi connectivity index (χ4n) is 0.388. The first-order chi connectivity index (χ1) is 3.43. The van der Waals surface area contributed by atoms with E-state index >= 15 is 0 Å². The van der Waals surface area contributed by atoms with Gasteiger partial charge in [0, 0.05) is 6.54 Å². The molecule has 0 spiro atoms. The van der Waals surface area contributed by atoms with Gasteiger partial charge in [-0.25, -0.2) is 5.53 Å². The zero-order valence-electron chi connectivity index (χ0n) is 4.18. The minimum atomic E-state index is 0.903. The molecule has 4 heteroatoms. The van der Waals surface area contributed by atoms with Gasteiger partial charge >= 0.3 is 0 Å². The Kier molecular flexibility index (Phi) is 1.12. The maximum Gasteiger partial charge on any atom is 0.126 e. The van der Waals surface area contributed by atoms with Crippen molar-refractivity contribution in [1.82, 2.24) is 16.1 Å². The molecule has 0 saturated heterocycles. The van der Waals surface area contributed by atoms with Gasteiger partial charge in [0.05, 0.1) is 0 Å².